The lowest BCUT2D eigenvalue weighted by Gasteiger charge is -2.31. The van der Waals surface area contributed by atoms with E-state index in [0.717, 1.165) is 52.7 Å². The number of unbranched alkanes of at least 4 members (excludes halogenated alkanes) is 1. The highest BCUT2D eigenvalue weighted by molar-refractivity contribution is 5.49. The Morgan fingerprint density at radius 3 is 2.18 bits per heavy atom. The van der Waals surface area contributed by atoms with Crippen molar-refractivity contribution in [2.75, 3.05) is 0 Å². The van der Waals surface area contributed by atoms with E-state index >= 15 is 0 Å². The third-order valence-electron chi connectivity index (χ3n) is 5.74. The van der Waals surface area contributed by atoms with Crippen molar-refractivity contribution in [1.29, 1.82) is 0 Å². The molecule has 2 heteroatoms. The standard InChI is InChI=1S/C26H38O2/c1-17-13-15-21(25(3,4)5)23(27)19(17)11-9-10-12-20-18(2)14-16-22(24(20)28)26(6,7)8/h11,13-16,23,27-28H,9-10,12H2,1-8H3. The largest absolute Gasteiger partial charge is 0.507 e. The molecule has 2 rings (SSSR count). The van der Waals surface area contributed by atoms with E-state index in [2.05, 4.69) is 79.7 Å². The molecule has 0 saturated carbocycles. The smallest absolute Gasteiger partial charge is 0.122 e. The van der Waals surface area contributed by atoms with Crippen LogP contribution in [0.1, 0.15) is 78.0 Å². The van der Waals surface area contributed by atoms with E-state index in [9.17, 15) is 10.2 Å². The predicted octanol–water partition coefficient (Wildman–Crippen LogP) is 6.54. The Labute approximate surface area is 171 Å². The zero-order chi connectivity index (χ0) is 21.3. The Balaban J connectivity index is 2.13. The molecule has 0 aliphatic heterocycles. The van der Waals surface area contributed by atoms with Gasteiger partial charge in [0.1, 0.15) is 11.9 Å². The number of phenolic OH excluding ortho intramolecular Hbond substituents is 1. The topological polar surface area (TPSA) is 40.5 Å². The van der Waals surface area contributed by atoms with Gasteiger partial charge in [0.25, 0.3) is 0 Å². The van der Waals surface area contributed by atoms with E-state index in [-0.39, 0.29) is 10.8 Å². The van der Waals surface area contributed by atoms with Gasteiger partial charge in [0.2, 0.25) is 0 Å². The summed E-state index contributed by atoms with van der Waals surface area (Å²) in [7, 11) is 0. The first kappa shape index (κ1) is 22.5. The highest BCUT2D eigenvalue weighted by Crippen LogP contribution is 2.37. The van der Waals surface area contributed by atoms with E-state index in [4.69, 9.17) is 0 Å². The van der Waals surface area contributed by atoms with Crippen LogP contribution < -0.4 is 0 Å². The van der Waals surface area contributed by atoms with Crippen molar-refractivity contribution in [3.63, 3.8) is 0 Å². The molecule has 1 aromatic rings. The van der Waals surface area contributed by atoms with E-state index < -0.39 is 6.10 Å². The van der Waals surface area contributed by atoms with Crippen LogP contribution in [0.4, 0.5) is 0 Å². The lowest BCUT2D eigenvalue weighted by atomic mass is 9.76. The fraction of sp³-hybridized carbons (Fsp3) is 0.538. The van der Waals surface area contributed by atoms with E-state index in [1.165, 1.54) is 0 Å². The second-order valence-corrected chi connectivity index (χ2v) is 10.2. The summed E-state index contributed by atoms with van der Waals surface area (Å²) in [4.78, 5) is 0. The average molecular weight is 383 g/mol. The van der Waals surface area contributed by atoms with Gasteiger partial charge >= 0.3 is 0 Å². The van der Waals surface area contributed by atoms with Crippen LogP contribution in [-0.2, 0) is 11.8 Å². The fourth-order valence-corrected chi connectivity index (χ4v) is 3.91. The van der Waals surface area contributed by atoms with Gasteiger partial charge in [-0.05, 0) is 77.3 Å². The van der Waals surface area contributed by atoms with Crippen LogP contribution in [0.15, 0.2) is 47.1 Å². The number of hydrogen-bond acceptors (Lipinski definition) is 2. The highest BCUT2D eigenvalue weighted by atomic mass is 16.3. The average Bonchev–Trinajstić information content (AvgIpc) is 2.53. The minimum Gasteiger partial charge on any atom is -0.507 e. The molecule has 0 aromatic heterocycles. The number of benzene rings is 1. The molecule has 0 amide bonds. The quantitative estimate of drug-likeness (QED) is 0.580. The summed E-state index contributed by atoms with van der Waals surface area (Å²) in [5, 5.41) is 21.6. The SMILES string of the molecule is CC1=CC=C(C(C)(C)C)C(O)C1=CCCCc1c(C)ccc(C(C)(C)C)c1O. The number of aliphatic hydroxyl groups is 1. The maximum absolute atomic E-state index is 10.8. The van der Waals surface area contributed by atoms with Gasteiger partial charge in [-0.3, -0.25) is 0 Å². The Morgan fingerprint density at radius 2 is 1.61 bits per heavy atom. The second kappa shape index (κ2) is 8.29. The summed E-state index contributed by atoms with van der Waals surface area (Å²) >= 11 is 0. The summed E-state index contributed by atoms with van der Waals surface area (Å²) in [6.07, 6.45) is 8.50. The molecule has 2 N–H and O–H groups in total. The van der Waals surface area contributed by atoms with E-state index in [0.29, 0.717) is 5.75 Å². The third-order valence-corrected chi connectivity index (χ3v) is 5.74. The summed E-state index contributed by atoms with van der Waals surface area (Å²) in [5.41, 5.74) is 6.31. The third kappa shape index (κ3) is 4.97. The van der Waals surface area contributed by atoms with E-state index in [1.54, 1.807) is 0 Å². The molecular formula is C26H38O2. The van der Waals surface area contributed by atoms with Crippen LogP contribution in [0.2, 0.25) is 0 Å². The Kier molecular flexibility index (Phi) is 6.66. The number of allylic oxidation sites excluding steroid dienone is 3. The van der Waals surface area contributed by atoms with Crippen LogP contribution in [0, 0.1) is 12.3 Å². The number of phenols is 1. The molecule has 0 spiro atoms. The number of hydrogen-bond donors (Lipinski definition) is 2. The maximum Gasteiger partial charge on any atom is 0.122 e. The van der Waals surface area contributed by atoms with Gasteiger partial charge in [-0.25, -0.2) is 0 Å². The van der Waals surface area contributed by atoms with Gasteiger partial charge < -0.3 is 10.2 Å². The van der Waals surface area contributed by atoms with Gasteiger partial charge in [0.15, 0.2) is 0 Å². The predicted molar refractivity (Wildman–Crippen MR) is 120 cm³/mol. The summed E-state index contributed by atoms with van der Waals surface area (Å²) in [6.45, 7) is 16.9. The van der Waals surface area contributed by atoms with Crippen LogP contribution >= 0.6 is 0 Å². The summed E-state index contributed by atoms with van der Waals surface area (Å²) in [6, 6.07) is 4.16. The first-order valence-electron chi connectivity index (χ1n) is 10.4. The van der Waals surface area contributed by atoms with Gasteiger partial charge in [-0.1, -0.05) is 71.9 Å². The molecule has 1 aliphatic carbocycles. The molecule has 0 radical (unpaired) electrons. The molecule has 1 atom stereocenters. The number of rotatable bonds is 4. The van der Waals surface area contributed by atoms with Crippen LogP contribution in [-0.4, -0.2) is 16.3 Å². The summed E-state index contributed by atoms with van der Waals surface area (Å²) in [5.74, 6) is 0.451. The van der Waals surface area contributed by atoms with Gasteiger partial charge in [-0.2, -0.15) is 0 Å². The highest BCUT2D eigenvalue weighted by Gasteiger charge is 2.28. The number of aryl methyl sites for hydroxylation is 1. The first-order chi connectivity index (χ1) is 12.8. The van der Waals surface area contributed by atoms with Crippen molar-refractivity contribution < 1.29 is 10.2 Å². The second-order valence-electron chi connectivity index (χ2n) is 10.2. The van der Waals surface area contributed by atoms with Crippen molar-refractivity contribution in [3.8, 4) is 5.75 Å². The van der Waals surface area contributed by atoms with Crippen molar-refractivity contribution in [3.05, 3.63) is 63.8 Å². The molecule has 0 fully saturated rings. The zero-order valence-corrected chi connectivity index (χ0v) is 19.0. The minimum atomic E-state index is -0.524. The maximum atomic E-state index is 10.8. The Hall–Kier alpha value is -1.80. The molecule has 0 heterocycles. The van der Waals surface area contributed by atoms with E-state index in [1.807, 2.05) is 6.07 Å². The molecule has 28 heavy (non-hydrogen) atoms. The fourth-order valence-electron chi connectivity index (χ4n) is 3.91. The molecule has 1 aromatic carbocycles. The van der Waals surface area contributed by atoms with Crippen molar-refractivity contribution in [2.24, 2.45) is 5.41 Å². The molecule has 0 bridgehead atoms. The van der Waals surface area contributed by atoms with Crippen molar-refractivity contribution in [1.82, 2.24) is 0 Å². The lowest BCUT2D eigenvalue weighted by molar-refractivity contribution is 0.218. The molecule has 154 valence electrons. The normalized spacial score (nSPS) is 19.6. The molecule has 1 aliphatic rings. The zero-order valence-electron chi connectivity index (χ0n) is 19.0. The number of aliphatic hydroxyl groups excluding tert-OH is 1. The monoisotopic (exact) mass is 382 g/mol. The lowest BCUT2D eigenvalue weighted by Crippen LogP contribution is -2.26. The first-order valence-corrected chi connectivity index (χ1v) is 10.4. The van der Waals surface area contributed by atoms with Gasteiger partial charge in [0.05, 0.1) is 0 Å². The van der Waals surface area contributed by atoms with Crippen LogP contribution in [0.3, 0.4) is 0 Å². The molecular weight excluding hydrogens is 344 g/mol. The van der Waals surface area contributed by atoms with Crippen molar-refractivity contribution >= 4 is 0 Å². The molecule has 2 nitrogen and oxygen atoms in total. The number of aromatic hydroxyl groups is 1. The Morgan fingerprint density at radius 1 is 0.964 bits per heavy atom. The van der Waals surface area contributed by atoms with Crippen LogP contribution in [0.25, 0.3) is 0 Å². The van der Waals surface area contributed by atoms with Gasteiger partial charge in [0, 0.05) is 0 Å². The molecule has 0 saturated heterocycles. The van der Waals surface area contributed by atoms with Gasteiger partial charge in [-0.15, -0.1) is 0 Å². The minimum absolute atomic E-state index is 0.0496. The Bertz CT molecular complexity index is 808. The molecule has 1 unspecified atom stereocenters. The van der Waals surface area contributed by atoms with Crippen LogP contribution in [0.5, 0.6) is 5.75 Å². The summed E-state index contributed by atoms with van der Waals surface area (Å²) < 4.78 is 0. The van der Waals surface area contributed by atoms with Crippen molar-refractivity contribution in [2.45, 2.75) is 86.2 Å².